The van der Waals surface area contributed by atoms with E-state index in [0.29, 0.717) is 43.1 Å². The predicted octanol–water partition coefficient (Wildman–Crippen LogP) is 4.28. The lowest BCUT2D eigenvalue weighted by molar-refractivity contribution is -0.0733. The number of aliphatic hydroxyl groups is 2. The van der Waals surface area contributed by atoms with Crippen LogP contribution in [-0.4, -0.2) is 34.5 Å². The number of aliphatic hydroxyl groups excluding tert-OH is 1. The van der Waals surface area contributed by atoms with Gasteiger partial charge in [-0.3, -0.25) is 0 Å². The second-order valence-electron chi connectivity index (χ2n) is 7.34. The van der Waals surface area contributed by atoms with Crippen LogP contribution in [0, 0.1) is 11.7 Å². The van der Waals surface area contributed by atoms with E-state index in [-0.39, 0.29) is 22.6 Å². The number of hydrogen-bond acceptors (Lipinski definition) is 4. The summed E-state index contributed by atoms with van der Waals surface area (Å²) in [7, 11) is 0. The summed E-state index contributed by atoms with van der Waals surface area (Å²) in [6, 6.07) is 8.51. The highest BCUT2D eigenvalue weighted by atomic mass is 35.5. The van der Waals surface area contributed by atoms with E-state index < -0.39 is 23.5 Å². The molecule has 7 heteroatoms. The van der Waals surface area contributed by atoms with Crippen LogP contribution in [0.2, 0.25) is 5.02 Å². The quantitative estimate of drug-likeness (QED) is 0.646. The number of benzene rings is 2. The fourth-order valence-electron chi connectivity index (χ4n) is 4.04. The van der Waals surface area contributed by atoms with Crippen LogP contribution >= 0.6 is 11.6 Å². The molecule has 0 aromatic heterocycles. The summed E-state index contributed by atoms with van der Waals surface area (Å²) in [5.41, 5.74) is -1.57. The first-order valence-electron chi connectivity index (χ1n) is 9.58. The molecular formula is C22H24ClFO5. The van der Waals surface area contributed by atoms with Crippen molar-refractivity contribution >= 4 is 17.6 Å². The monoisotopic (exact) mass is 422 g/mol. The maximum atomic E-state index is 15.1. The number of hydrogen-bond donors (Lipinski definition) is 3. The van der Waals surface area contributed by atoms with Crippen LogP contribution in [0.15, 0.2) is 36.4 Å². The molecule has 0 radical (unpaired) electrons. The van der Waals surface area contributed by atoms with Crippen LogP contribution < -0.4 is 0 Å². The van der Waals surface area contributed by atoms with E-state index in [9.17, 15) is 20.1 Å². The van der Waals surface area contributed by atoms with Crippen molar-refractivity contribution in [3.8, 4) is 0 Å². The molecule has 0 bridgehead atoms. The Morgan fingerprint density at radius 1 is 1.28 bits per heavy atom. The molecule has 29 heavy (non-hydrogen) atoms. The Bertz CT molecular complexity index is 880. The number of rotatable bonds is 6. The third-order valence-electron chi connectivity index (χ3n) is 5.75. The van der Waals surface area contributed by atoms with Gasteiger partial charge >= 0.3 is 5.97 Å². The van der Waals surface area contributed by atoms with Gasteiger partial charge in [-0.05, 0) is 60.6 Å². The standard InChI is InChI=1S/C22H24ClFO5/c1-2-22(28,14-7-9-29-10-8-14)15-11-17(21(26)27)19(18(24)12-15)20(25)13-3-5-16(23)6-4-13/h3-6,11-12,14,20,25,28H,2,7-10H2,1H3,(H,26,27). The van der Waals surface area contributed by atoms with Gasteiger partial charge in [-0.15, -0.1) is 0 Å². The molecule has 2 unspecified atom stereocenters. The molecule has 1 fully saturated rings. The molecule has 1 saturated heterocycles. The van der Waals surface area contributed by atoms with Crippen molar-refractivity contribution in [2.45, 2.75) is 37.9 Å². The fourth-order valence-corrected chi connectivity index (χ4v) is 4.16. The van der Waals surface area contributed by atoms with Gasteiger partial charge in [0.2, 0.25) is 0 Å². The van der Waals surface area contributed by atoms with E-state index in [4.69, 9.17) is 16.3 Å². The maximum Gasteiger partial charge on any atom is 0.336 e. The Labute approximate surface area is 173 Å². The Hall–Kier alpha value is -1.99. The summed E-state index contributed by atoms with van der Waals surface area (Å²) in [5.74, 6) is -2.42. The molecule has 1 aliphatic heterocycles. The van der Waals surface area contributed by atoms with Gasteiger partial charge in [-0.1, -0.05) is 30.7 Å². The molecule has 1 heterocycles. The predicted molar refractivity (Wildman–Crippen MR) is 107 cm³/mol. The SMILES string of the molecule is CCC(O)(c1cc(F)c(C(O)c2ccc(Cl)cc2)c(C(=O)O)c1)C1CCOCC1. The normalized spacial score (nSPS) is 18.2. The Balaban J connectivity index is 2.08. The van der Waals surface area contributed by atoms with Crippen molar-refractivity contribution in [3.63, 3.8) is 0 Å². The van der Waals surface area contributed by atoms with E-state index >= 15 is 4.39 Å². The first kappa shape index (κ1) is 21.7. The summed E-state index contributed by atoms with van der Waals surface area (Å²) >= 11 is 5.85. The number of carboxylic acids is 1. The number of carboxylic acid groups (broad SMARTS) is 1. The first-order chi connectivity index (χ1) is 13.8. The highest BCUT2D eigenvalue weighted by molar-refractivity contribution is 6.30. The van der Waals surface area contributed by atoms with Gasteiger partial charge in [-0.2, -0.15) is 0 Å². The zero-order valence-electron chi connectivity index (χ0n) is 16.1. The van der Waals surface area contributed by atoms with Crippen LogP contribution in [0.4, 0.5) is 4.39 Å². The van der Waals surface area contributed by atoms with Crippen LogP contribution in [0.3, 0.4) is 0 Å². The van der Waals surface area contributed by atoms with Crippen molar-refractivity contribution in [3.05, 3.63) is 69.5 Å². The van der Waals surface area contributed by atoms with Crippen LogP contribution in [0.1, 0.15) is 59.3 Å². The molecule has 1 aliphatic rings. The van der Waals surface area contributed by atoms with Crippen molar-refractivity contribution in [2.24, 2.45) is 5.92 Å². The molecule has 2 aromatic carbocycles. The molecule has 156 valence electrons. The molecule has 3 N–H and O–H groups in total. The highest BCUT2D eigenvalue weighted by Gasteiger charge is 2.39. The van der Waals surface area contributed by atoms with E-state index in [1.807, 2.05) is 0 Å². The van der Waals surface area contributed by atoms with E-state index in [2.05, 4.69) is 0 Å². The first-order valence-corrected chi connectivity index (χ1v) is 9.96. The molecule has 0 saturated carbocycles. The summed E-state index contributed by atoms with van der Waals surface area (Å²) in [6.45, 7) is 2.77. The average Bonchev–Trinajstić information content (AvgIpc) is 2.73. The minimum atomic E-state index is -1.48. The smallest absolute Gasteiger partial charge is 0.336 e. The second-order valence-corrected chi connectivity index (χ2v) is 7.78. The maximum absolute atomic E-state index is 15.1. The second kappa shape index (κ2) is 8.79. The molecule has 2 atom stereocenters. The van der Waals surface area contributed by atoms with Crippen molar-refractivity contribution < 1.29 is 29.2 Å². The molecule has 0 aliphatic carbocycles. The Morgan fingerprint density at radius 3 is 2.45 bits per heavy atom. The average molecular weight is 423 g/mol. The minimum absolute atomic E-state index is 0.172. The van der Waals surface area contributed by atoms with Gasteiger partial charge in [0, 0.05) is 23.8 Å². The summed E-state index contributed by atoms with van der Waals surface area (Å²) in [4.78, 5) is 11.9. The van der Waals surface area contributed by atoms with Crippen molar-refractivity contribution in [1.82, 2.24) is 0 Å². The van der Waals surface area contributed by atoms with Gasteiger partial charge < -0.3 is 20.1 Å². The zero-order chi connectivity index (χ0) is 21.2. The lowest BCUT2D eigenvalue weighted by Gasteiger charge is -2.38. The minimum Gasteiger partial charge on any atom is -0.478 e. The molecular weight excluding hydrogens is 399 g/mol. The van der Waals surface area contributed by atoms with Gasteiger partial charge in [0.1, 0.15) is 11.9 Å². The van der Waals surface area contributed by atoms with Crippen molar-refractivity contribution in [1.29, 1.82) is 0 Å². The molecule has 3 rings (SSSR count). The number of carbonyl (C=O) groups is 1. The number of halogens is 2. The Kier molecular flexibility index (Phi) is 6.58. The van der Waals surface area contributed by atoms with Gasteiger partial charge in [0.05, 0.1) is 11.2 Å². The molecule has 0 spiro atoms. The van der Waals surface area contributed by atoms with Crippen LogP contribution in [0.25, 0.3) is 0 Å². The largest absolute Gasteiger partial charge is 0.478 e. The zero-order valence-corrected chi connectivity index (χ0v) is 16.8. The lowest BCUT2D eigenvalue weighted by atomic mass is 9.74. The number of aromatic carboxylic acids is 1. The van der Waals surface area contributed by atoms with Crippen LogP contribution in [0.5, 0.6) is 0 Å². The van der Waals surface area contributed by atoms with E-state index in [1.165, 1.54) is 30.3 Å². The van der Waals surface area contributed by atoms with Crippen LogP contribution in [-0.2, 0) is 10.3 Å². The van der Waals surface area contributed by atoms with Gasteiger partial charge in [0.15, 0.2) is 0 Å². The lowest BCUT2D eigenvalue weighted by Crippen LogP contribution is -2.38. The summed E-state index contributed by atoms with van der Waals surface area (Å²) in [6.07, 6.45) is 0.0210. The topological polar surface area (TPSA) is 87.0 Å². The summed E-state index contributed by atoms with van der Waals surface area (Å²) in [5, 5.41) is 32.1. The summed E-state index contributed by atoms with van der Waals surface area (Å²) < 4.78 is 20.5. The fraction of sp³-hybridized carbons (Fsp3) is 0.409. The molecule has 2 aromatic rings. The Morgan fingerprint density at radius 2 is 1.90 bits per heavy atom. The van der Waals surface area contributed by atoms with Crippen molar-refractivity contribution in [2.75, 3.05) is 13.2 Å². The van der Waals surface area contributed by atoms with Gasteiger partial charge in [-0.25, -0.2) is 9.18 Å². The highest BCUT2D eigenvalue weighted by Crippen LogP contribution is 2.41. The van der Waals surface area contributed by atoms with Gasteiger partial charge in [0.25, 0.3) is 0 Å². The number of ether oxygens (including phenoxy) is 1. The molecule has 5 nitrogen and oxygen atoms in total. The molecule has 0 amide bonds. The third kappa shape index (κ3) is 4.31. The third-order valence-corrected chi connectivity index (χ3v) is 6.01. The van der Waals surface area contributed by atoms with E-state index in [1.54, 1.807) is 6.92 Å². The van der Waals surface area contributed by atoms with E-state index in [0.717, 1.165) is 6.07 Å².